The molecule has 1 aromatic carbocycles. The molecule has 0 aromatic heterocycles. The highest BCUT2D eigenvalue weighted by Crippen LogP contribution is 2.29. The Morgan fingerprint density at radius 3 is 2.48 bits per heavy atom. The summed E-state index contributed by atoms with van der Waals surface area (Å²) in [5.74, 6) is 1.01. The minimum atomic E-state index is -0.503. The lowest BCUT2D eigenvalue weighted by Gasteiger charge is -2.34. The minimum Gasteiger partial charge on any atom is -0.491 e. The summed E-state index contributed by atoms with van der Waals surface area (Å²) < 4.78 is 10.7. The number of amides is 1. The molecular weight excluding hydrogens is 318 g/mol. The van der Waals surface area contributed by atoms with Crippen LogP contribution in [0.4, 0.5) is 0 Å². The molecule has 5 nitrogen and oxygen atoms in total. The number of benzene rings is 1. The summed E-state index contributed by atoms with van der Waals surface area (Å²) in [7, 11) is 0. The molecule has 138 valence electrons. The Kier molecular flexibility index (Phi) is 6.85. The van der Waals surface area contributed by atoms with Crippen molar-refractivity contribution in [1.82, 2.24) is 5.32 Å². The summed E-state index contributed by atoms with van der Waals surface area (Å²) in [4.78, 5) is 24.1. The Hall–Kier alpha value is -2.04. The molecular formula is C20H29NO4. The van der Waals surface area contributed by atoms with Gasteiger partial charge in [0.2, 0.25) is 0 Å². The quantitative estimate of drug-likeness (QED) is 0.799. The summed E-state index contributed by atoms with van der Waals surface area (Å²) in [5.41, 5.74) is 0.406. The van der Waals surface area contributed by atoms with Gasteiger partial charge in [-0.1, -0.05) is 26.7 Å². The van der Waals surface area contributed by atoms with Crippen molar-refractivity contribution in [3.8, 4) is 5.75 Å². The first-order chi connectivity index (χ1) is 11.9. The highest BCUT2D eigenvalue weighted by molar-refractivity contribution is 5.91. The largest absolute Gasteiger partial charge is 0.491 e. The van der Waals surface area contributed by atoms with Crippen LogP contribution in [-0.2, 0) is 9.53 Å². The lowest BCUT2D eigenvalue weighted by Crippen LogP contribution is -2.45. The minimum absolute atomic E-state index is 0.0754. The Bertz CT molecular complexity index is 582. The van der Waals surface area contributed by atoms with Gasteiger partial charge in [0.15, 0.2) is 6.61 Å². The summed E-state index contributed by atoms with van der Waals surface area (Å²) in [6.45, 7) is 8.02. The van der Waals surface area contributed by atoms with Gasteiger partial charge in [-0.15, -0.1) is 0 Å². The normalized spacial score (nSPS) is 23.2. The van der Waals surface area contributed by atoms with Crippen molar-refractivity contribution >= 4 is 11.9 Å². The van der Waals surface area contributed by atoms with Crippen molar-refractivity contribution in [2.75, 3.05) is 6.61 Å². The molecule has 0 heterocycles. The first-order valence-corrected chi connectivity index (χ1v) is 9.10. The third-order valence-corrected chi connectivity index (χ3v) is 4.85. The van der Waals surface area contributed by atoms with E-state index in [1.54, 1.807) is 24.3 Å². The topological polar surface area (TPSA) is 64.6 Å². The number of carbonyl (C=O) groups is 2. The van der Waals surface area contributed by atoms with Crippen molar-refractivity contribution in [3.63, 3.8) is 0 Å². The van der Waals surface area contributed by atoms with Gasteiger partial charge in [-0.05, 0) is 56.4 Å². The molecule has 0 unspecified atom stereocenters. The highest BCUT2D eigenvalue weighted by Gasteiger charge is 2.28. The molecule has 1 aromatic rings. The number of esters is 1. The van der Waals surface area contributed by atoms with E-state index in [2.05, 4.69) is 19.2 Å². The van der Waals surface area contributed by atoms with Crippen LogP contribution in [0.25, 0.3) is 0 Å². The fraction of sp³-hybridized carbons (Fsp3) is 0.600. The van der Waals surface area contributed by atoms with Crippen molar-refractivity contribution in [2.24, 2.45) is 11.8 Å². The molecule has 25 heavy (non-hydrogen) atoms. The zero-order chi connectivity index (χ0) is 18.4. The second-order valence-electron chi connectivity index (χ2n) is 7.21. The van der Waals surface area contributed by atoms with Crippen molar-refractivity contribution in [2.45, 2.75) is 59.1 Å². The van der Waals surface area contributed by atoms with Gasteiger partial charge in [-0.2, -0.15) is 0 Å². The highest BCUT2D eigenvalue weighted by atomic mass is 16.5. The molecule has 0 radical (unpaired) electrons. The number of hydrogen-bond acceptors (Lipinski definition) is 4. The number of hydrogen-bond donors (Lipinski definition) is 1. The Balaban J connectivity index is 1.80. The van der Waals surface area contributed by atoms with E-state index in [4.69, 9.17) is 9.47 Å². The van der Waals surface area contributed by atoms with E-state index in [0.717, 1.165) is 12.8 Å². The third-order valence-electron chi connectivity index (χ3n) is 4.85. The standard InChI is InChI=1S/C20H29NO4/c1-13(2)25-17-10-8-16(9-11-17)20(23)24-12-19(22)21-18-7-5-6-14(3)15(18)4/h8-11,13-15,18H,5-7,12H2,1-4H3,(H,21,22)/t14-,15+,18-/m1/s1. The molecule has 1 aliphatic rings. The van der Waals surface area contributed by atoms with Gasteiger partial charge >= 0.3 is 5.97 Å². The second kappa shape index (κ2) is 8.88. The van der Waals surface area contributed by atoms with Crippen LogP contribution in [-0.4, -0.2) is 30.6 Å². The first-order valence-electron chi connectivity index (χ1n) is 9.10. The average Bonchev–Trinajstić information content (AvgIpc) is 2.57. The van der Waals surface area contributed by atoms with Gasteiger partial charge in [0.05, 0.1) is 11.7 Å². The summed E-state index contributed by atoms with van der Waals surface area (Å²) in [6.07, 6.45) is 3.40. The lowest BCUT2D eigenvalue weighted by atomic mass is 9.78. The van der Waals surface area contributed by atoms with E-state index in [-0.39, 0.29) is 24.7 Å². The van der Waals surface area contributed by atoms with Crippen molar-refractivity contribution in [1.29, 1.82) is 0 Å². The summed E-state index contributed by atoms with van der Waals surface area (Å²) in [5, 5.41) is 3.00. The van der Waals surface area contributed by atoms with Crippen LogP contribution >= 0.6 is 0 Å². The van der Waals surface area contributed by atoms with E-state index in [9.17, 15) is 9.59 Å². The van der Waals surface area contributed by atoms with E-state index in [1.807, 2.05) is 13.8 Å². The smallest absolute Gasteiger partial charge is 0.338 e. The van der Waals surface area contributed by atoms with Crippen LogP contribution in [0.15, 0.2) is 24.3 Å². The molecule has 1 N–H and O–H groups in total. The van der Waals surface area contributed by atoms with Crippen LogP contribution in [0.5, 0.6) is 5.75 Å². The fourth-order valence-corrected chi connectivity index (χ4v) is 3.19. The van der Waals surface area contributed by atoms with Gasteiger partial charge in [0.1, 0.15) is 5.75 Å². The van der Waals surface area contributed by atoms with Crippen LogP contribution in [0.1, 0.15) is 57.3 Å². The number of ether oxygens (including phenoxy) is 2. The maximum atomic E-state index is 12.1. The molecule has 1 fully saturated rings. The number of rotatable bonds is 6. The van der Waals surface area contributed by atoms with Crippen LogP contribution in [0, 0.1) is 11.8 Å². The van der Waals surface area contributed by atoms with E-state index in [0.29, 0.717) is 23.1 Å². The predicted octanol–water partition coefficient (Wildman–Crippen LogP) is 3.57. The lowest BCUT2D eigenvalue weighted by molar-refractivity contribution is -0.125. The van der Waals surface area contributed by atoms with Gasteiger partial charge in [-0.3, -0.25) is 4.79 Å². The molecule has 1 saturated carbocycles. The van der Waals surface area contributed by atoms with Gasteiger partial charge < -0.3 is 14.8 Å². The van der Waals surface area contributed by atoms with Crippen LogP contribution in [0.2, 0.25) is 0 Å². The van der Waals surface area contributed by atoms with Crippen LogP contribution in [0.3, 0.4) is 0 Å². The molecule has 0 spiro atoms. The third kappa shape index (κ3) is 5.76. The van der Waals surface area contributed by atoms with Crippen molar-refractivity contribution < 1.29 is 19.1 Å². The Morgan fingerprint density at radius 2 is 1.84 bits per heavy atom. The maximum absolute atomic E-state index is 12.1. The summed E-state index contributed by atoms with van der Waals surface area (Å²) in [6, 6.07) is 6.90. The Morgan fingerprint density at radius 1 is 1.16 bits per heavy atom. The maximum Gasteiger partial charge on any atom is 0.338 e. The molecule has 0 aliphatic heterocycles. The van der Waals surface area contributed by atoms with Gasteiger partial charge in [0, 0.05) is 6.04 Å². The molecule has 5 heteroatoms. The van der Waals surface area contributed by atoms with E-state index >= 15 is 0 Å². The first kappa shape index (κ1) is 19.3. The molecule has 1 amide bonds. The molecule has 2 rings (SSSR count). The average molecular weight is 347 g/mol. The second-order valence-corrected chi connectivity index (χ2v) is 7.21. The molecule has 0 saturated heterocycles. The molecule has 0 bridgehead atoms. The Labute approximate surface area is 150 Å². The summed E-state index contributed by atoms with van der Waals surface area (Å²) >= 11 is 0. The van der Waals surface area contributed by atoms with Gasteiger partial charge in [-0.25, -0.2) is 4.79 Å². The van der Waals surface area contributed by atoms with E-state index < -0.39 is 5.97 Å². The SMILES string of the molecule is CC(C)Oc1ccc(C(=O)OCC(=O)N[C@@H]2CCC[C@@H](C)[C@@H]2C)cc1. The predicted molar refractivity (Wildman–Crippen MR) is 96.6 cm³/mol. The number of carbonyl (C=O) groups excluding carboxylic acids is 2. The van der Waals surface area contributed by atoms with Crippen LogP contribution < -0.4 is 10.1 Å². The molecule has 1 aliphatic carbocycles. The fourth-order valence-electron chi connectivity index (χ4n) is 3.19. The molecule has 3 atom stereocenters. The van der Waals surface area contributed by atoms with E-state index in [1.165, 1.54) is 6.42 Å². The van der Waals surface area contributed by atoms with Crippen molar-refractivity contribution in [3.05, 3.63) is 29.8 Å². The monoisotopic (exact) mass is 347 g/mol. The zero-order valence-corrected chi connectivity index (χ0v) is 15.6. The number of nitrogens with one attached hydrogen (secondary N) is 1. The zero-order valence-electron chi connectivity index (χ0n) is 15.6. The van der Waals surface area contributed by atoms with Gasteiger partial charge in [0.25, 0.3) is 5.91 Å².